The van der Waals surface area contributed by atoms with Crippen LogP contribution >= 0.6 is 0 Å². The molecule has 0 aromatic rings. The van der Waals surface area contributed by atoms with Crippen molar-refractivity contribution in [1.29, 1.82) is 0 Å². The highest BCUT2D eigenvalue weighted by molar-refractivity contribution is 5.67. The van der Waals surface area contributed by atoms with E-state index in [4.69, 9.17) is 5.11 Å². The topological polar surface area (TPSA) is 74.6 Å². The molecule has 0 fully saturated rings. The summed E-state index contributed by atoms with van der Waals surface area (Å²) >= 11 is 0. The molecule has 0 saturated carbocycles. The highest BCUT2D eigenvalue weighted by atomic mass is 16.4. The molecule has 2 N–H and O–H groups in total. The van der Waals surface area contributed by atoms with Crippen molar-refractivity contribution >= 4 is 11.9 Å². The fourth-order valence-electron chi connectivity index (χ4n) is 5.40. The first kappa shape index (κ1) is 36.7. The Morgan fingerprint density at radius 3 is 1.26 bits per heavy atom. The number of hydrogen-bond donors (Lipinski definition) is 2. The van der Waals surface area contributed by atoms with Crippen molar-refractivity contribution in [1.82, 2.24) is 0 Å². The van der Waals surface area contributed by atoms with E-state index in [1.165, 1.54) is 128 Å². The maximum Gasteiger partial charge on any atom is 0.303 e. The Balaban J connectivity index is 3.54. The molecule has 0 aliphatic carbocycles. The van der Waals surface area contributed by atoms with E-state index in [0.717, 1.165) is 38.5 Å². The summed E-state index contributed by atoms with van der Waals surface area (Å²) < 4.78 is 0. The summed E-state index contributed by atoms with van der Waals surface area (Å²) in [6.45, 7) is 2.27. The molecular weight excluding hydrogens is 472 g/mol. The fourth-order valence-corrected chi connectivity index (χ4v) is 5.40. The van der Waals surface area contributed by atoms with Crippen LogP contribution in [0.4, 0.5) is 0 Å². The van der Waals surface area contributed by atoms with Crippen molar-refractivity contribution in [3.63, 3.8) is 0 Å². The van der Waals surface area contributed by atoms with Gasteiger partial charge in [-0.05, 0) is 50.9 Å². The van der Waals surface area contributed by atoms with Gasteiger partial charge in [-0.1, -0.05) is 141 Å². The fraction of sp³-hybridized carbons (Fsp3) is 0.882. The highest BCUT2D eigenvalue weighted by Crippen LogP contribution is 2.22. The zero-order valence-electron chi connectivity index (χ0n) is 25.2. The van der Waals surface area contributed by atoms with Gasteiger partial charge < -0.3 is 10.2 Å². The predicted molar refractivity (Wildman–Crippen MR) is 163 cm³/mol. The van der Waals surface area contributed by atoms with E-state index in [1.54, 1.807) is 0 Å². The van der Waals surface area contributed by atoms with E-state index in [0.29, 0.717) is 18.8 Å². The average Bonchev–Trinajstić information content (AvgIpc) is 2.88. The van der Waals surface area contributed by atoms with Crippen LogP contribution in [-0.2, 0) is 9.59 Å². The lowest BCUT2D eigenvalue weighted by molar-refractivity contribution is -0.138. The quantitative estimate of drug-likeness (QED) is 0.0682. The summed E-state index contributed by atoms with van der Waals surface area (Å²) in [7, 11) is 0. The molecule has 0 saturated heterocycles. The van der Waals surface area contributed by atoms with Crippen LogP contribution in [0.2, 0.25) is 0 Å². The van der Waals surface area contributed by atoms with Gasteiger partial charge in [-0.15, -0.1) is 0 Å². The smallest absolute Gasteiger partial charge is 0.303 e. The van der Waals surface area contributed by atoms with Crippen LogP contribution in [0.3, 0.4) is 0 Å². The molecule has 38 heavy (non-hydrogen) atoms. The first-order valence-electron chi connectivity index (χ1n) is 16.6. The molecular formula is C34H64O4. The zero-order valence-corrected chi connectivity index (χ0v) is 25.2. The molecule has 224 valence electrons. The van der Waals surface area contributed by atoms with Crippen LogP contribution in [0.5, 0.6) is 0 Å². The minimum atomic E-state index is -0.678. The van der Waals surface area contributed by atoms with Crippen molar-refractivity contribution in [3.05, 3.63) is 12.2 Å². The summed E-state index contributed by atoms with van der Waals surface area (Å²) in [6, 6.07) is 0. The van der Waals surface area contributed by atoms with Crippen molar-refractivity contribution in [2.75, 3.05) is 0 Å². The molecule has 0 rings (SSSR count). The number of aliphatic carboxylic acids is 2. The first-order valence-corrected chi connectivity index (χ1v) is 16.6. The van der Waals surface area contributed by atoms with E-state index in [2.05, 4.69) is 19.1 Å². The average molecular weight is 537 g/mol. The van der Waals surface area contributed by atoms with E-state index in [-0.39, 0.29) is 0 Å². The Labute approximate surface area is 236 Å². The number of hydrogen-bond acceptors (Lipinski definition) is 2. The number of allylic oxidation sites excluding steroid dienone is 2. The minimum absolute atomic E-state index is 0.310. The van der Waals surface area contributed by atoms with Gasteiger partial charge in [0.15, 0.2) is 0 Å². The van der Waals surface area contributed by atoms with Crippen LogP contribution in [0.1, 0.15) is 187 Å². The van der Waals surface area contributed by atoms with Crippen LogP contribution < -0.4 is 0 Å². The standard InChI is InChI=1S/C34H64O4/c1-2-3-4-5-6-7-13-16-19-22-25-28-32(31-34(37)38)29-26-23-20-17-14-11-9-8-10-12-15-18-21-24-27-30-33(35)36/h8,10,32H,2-7,9,11-31H2,1H3,(H,35,36)(H,37,38). The number of unbranched alkanes of at least 4 members (excludes halogenated alkanes) is 21. The Morgan fingerprint density at radius 2 is 0.868 bits per heavy atom. The molecule has 1 atom stereocenters. The molecule has 0 aliphatic heterocycles. The first-order chi connectivity index (χ1) is 18.6. The third kappa shape index (κ3) is 30.9. The third-order valence-corrected chi connectivity index (χ3v) is 7.84. The van der Waals surface area contributed by atoms with Crippen molar-refractivity contribution < 1.29 is 19.8 Å². The summed E-state index contributed by atoms with van der Waals surface area (Å²) in [5.41, 5.74) is 0. The number of rotatable bonds is 31. The Kier molecular flexibility index (Phi) is 29.2. The molecule has 0 radical (unpaired) electrons. The number of carboxylic acids is 2. The van der Waals surface area contributed by atoms with E-state index >= 15 is 0 Å². The van der Waals surface area contributed by atoms with Gasteiger partial charge in [0.05, 0.1) is 0 Å². The summed E-state index contributed by atoms with van der Waals surface area (Å²) in [6.07, 6.45) is 37.7. The van der Waals surface area contributed by atoms with Crippen LogP contribution in [0, 0.1) is 5.92 Å². The van der Waals surface area contributed by atoms with Crippen LogP contribution in [0.15, 0.2) is 12.2 Å². The van der Waals surface area contributed by atoms with E-state index < -0.39 is 11.9 Å². The molecule has 0 spiro atoms. The van der Waals surface area contributed by atoms with Crippen molar-refractivity contribution in [2.24, 2.45) is 5.92 Å². The SMILES string of the molecule is CCCCCCCCCCCCCC(CCCCCCCCC=CCCCCCCCC(=O)O)CC(=O)O. The minimum Gasteiger partial charge on any atom is -0.481 e. The second kappa shape index (κ2) is 30.2. The Bertz CT molecular complexity index is 543. The predicted octanol–water partition coefficient (Wildman–Crippen LogP) is 11.3. The second-order valence-corrected chi connectivity index (χ2v) is 11.7. The van der Waals surface area contributed by atoms with Gasteiger partial charge in [0.25, 0.3) is 0 Å². The Morgan fingerprint density at radius 1 is 0.500 bits per heavy atom. The summed E-state index contributed by atoms with van der Waals surface area (Å²) in [5, 5.41) is 17.9. The molecule has 0 aromatic carbocycles. The van der Waals surface area contributed by atoms with Gasteiger partial charge in [-0.25, -0.2) is 0 Å². The molecule has 0 amide bonds. The maximum absolute atomic E-state index is 11.3. The molecule has 1 unspecified atom stereocenters. The van der Waals surface area contributed by atoms with E-state index in [1.807, 2.05) is 0 Å². The largest absolute Gasteiger partial charge is 0.481 e. The van der Waals surface area contributed by atoms with Gasteiger partial charge in [-0.2, -0.15) is 0 Å². The monoisotopic (exact) mass is 536 g/mol. The molecule has 4 heteroatoms. The van der Waals surface area contributed by atoms with Crippen LogP contribution in [0.25, 0.3) is 0 Å². The van der Waals surface area contributed by atoms with Gasteiger partial charge in [0.2, 0.25) is 0 Å². The van der Waals surface area contributed by atoms with Gasteiger partial charge in [-0.3, -0.25) is 9.59 Å². The second-order valence-electron chi connectivity index (χ2n) is 11.7. The third-order valence-electron chi connectivity index (χ3n) is 7.84. The summed E-state index contributed by atoms with van der Waals surface area (Å²) in [4.78, 5) is 21.7. The van der Waals surface area contributed by atoms with Crippen molar-refractivity contribution in [2.45, 2.75) is 187 Å². The van der Waals surface area contributed by atoms with Crippen LogP contribution in [-0.4, -0.2) is 22.2 Å². The highest BCUT2D eigenvalue weighted by Gasteiger charge is 2.12. The number of carboxylic acid groups (broad SMARTS) is 2. The maximum atomic E-state index is 11.3. The van der Waals surface area contributed by atoms with E-state index in [9.17, 15) is 14.7 Å². The van der Waals surface area contributed by atoms with Gasteiger partial charge >= 0.3 is 11.9 Å². The van der Waals surface area contributed by atoms with Crippen molar-refractivity contribution in [3.8, 4) is 0 Å². The molecule has 0 heterocycles. The lowest BCUT2D eigenvalue weighted by Crippen LogP contribution is -2.08. The lowest BCUT2D eigenvalue weighted by atomic mass is 9.91. The number of carbonyl (C=O) groups is 2. The molecule has 0 aromatic heterocycles. The van der Waals surface area contributed by atoms with Gasteiger partial charge in [0, 0.05) is 12.8 Å². The normalized spacial score (nSPS) is 12.3. The molecule has 4 nitrogen and oxygen atoms in total. The zero-order chi connectivity index (χ0) is 27.9. The lowest BCUT2D eigenvalue weighted by Gasteiger charge is -2.14. The molecule has 0 bridgehead atoms. The molecule has 0 aliphatic rings. The van der Waals surface area contributed by atoms with Gasteiger partial charge in [0.1, 0.15) is 0 Å². The Hall–Kier alpha value is -1.32. The summed E-state index contributed by atoms with van der Waals surface area (Å²) in [5.74, 6) is -0.926.